The summed E-state index contributed by atoms with van der Waals surface area (Å²) >= 11 is 0. The highest BCUT2D eigenvalue weighted by molar-refractivity contribution is 5.79. The van der Waals surface area contributed by atoms with Gasteiger partial charge in [0.1, 0.15) is 6.61 Å². The first-order chi connectivity index (χ1) is 13.3. The molecule has 0 heterocycles. The van der Waals surface area contributed by atoms with Crippen molar-refractivity contribution in [3.63, 3.8) is 0 Å². The zero-order valence-corrected chi connectivity index (χ0v) is 16.9. The molecule has 0 saturated heterocycles. The summed E-state index contributed by atoms with van der Waals surface area (Å²) in [5.74, 6) is 1.26. The molecule has 0 amide bonds. The molecule has 0 aliphatic rings. The molecule has 0 aromatic heterocycles. The van der Waals surface area contributed by atoms with Crippen molar-refractivity contribution < 1.29 is 22.6 Å². The molecule has 0 aliphatic carbocycles. The SMILES string of the molecule is CCNC(=NCc1ccc(COCC(F)(F)F)cc1)NCCCOCC(C)C. The quantitative estimate of drug-likeness (QED) is 0.316. The summed E-state index contributed by atoms with van der Waals surface area (Å²) in [4.78, 5) is 4.53. The van der Waals surface area contributed by atoms with Crippen LogP contribution >= 0.6 is 0 Å². The normalized spacial score (nSPS) is 12.5. The van der Waals surface area contributed by atoms with Crippen LogP contribution in [0.1, 0.15) is 38.3 Å². The van der Waals surface area contributed by atoms with Gasteiger partial charge >= 0.3 is 6.18 Å². The highest BCUT2D eigenvalue weighted by Crippen LogP contribution is 2.16. The average molecular weight is 403 g/mol. The van der Waals surface area contributed by atoms with Crippen LogP contribution in [0.25, 0.3) is 0 Å². The first-order valence-electron chi connectivity index (χ1n) is 9.62. The number of ether oxygens (including phenoxy) is 2. The van der Waals surface area contributed by atoms with Crippen molar-refractivity contribution in [2.45, 2.75) is 46.5 Å². The van der Waals surface area contributed by atoms with Gasteiger partial charge in [-0.3, -0.25) is 0 Å². The van der Waals surface area contributed by atoms with Gasteiger partial charge in [0.15, 0.2) is 5.96 Å². The van der Waals surface area contributed by atoms with E-state index < -0.39 is 12.8 Å². The second-order valence-electron chi connectivity index (χ2n) is 6.87. The van der Waals surface area contributed by atoms with Gasteiger partial charge in [0, 0.05) is 26.3 Å². The maximum atomic E-state index is 12.1. The minimum Gasteiger partial charge on any atom is -0.381 e. The van der Waals surface area contributed by atoms with E-state index in [1.165, 1.54) is 0 Å². The van der Waals surface area contributed by atoms with E-state index in [-0.39, 0.29) is 6.61 Å². The van der Waals surface area contributed by atoms with Gasteiger partial charge in [-0.2, -0.15) is 13.2 Å². The second-order valence-corrected chi connectivity index (χ2v) is 6.87. The molecular formula is C20H32F3N3O2. The Morgan fingerprint density at radius 2 is 1.75 bits per heavy atom. The van der Waals surface area contributed by atoms with E-state index in [1.807, 2.05) is 19.1 Å². The smallest absolute Gasteiger partial charge is 0.381 e. The number of rotatable bonds is 12. The molecule has 2 N–H and O–H groups in total. The number of halogens is 3. The summed E-state index contributed by atoms with van der Waals surface area (Å²) in [6.45, 7) is 8.41. The van der Waals surface area contributed by atoms with E-state index in [9.17, 15) is 13.2 Å². The zero-order chi connectivity index (χ0) is 20.8. The van der Waals surface area contributed by atoms with Gasteiger partial charge in [0.2, 0.25) is 0 Å². The van der Waals surface area contributed by atoms with Gasteiger partial charge in [0.05, 0.1) is 13.2 Å². The van der Waals surface area contributed by atoms with Crippen molar-refractivity contribution in [2.24, 2.45) is 10.9 Å². The Balaban J connectivity index is 2.38. The van der Waals surface area contributed by atoms with Crippen molar-refractivity contribution >= 4 is 5.96 Å². The topological polar surface area (TPSA) is 54.9 Å². The van der Waals surface area contributed by atoms with Gasteiger partial charge in [0.25, 0.3) is 0 Å². The lowest BCUT2D eigenvalue weighted by Crippen LogP contribution is -2.38. The van der Waals surface area contributed by atoms with Gasteiger partial charge in [-0.1, -0.05) is 38.1 Å². The molecule has 0 spiro atoms. The lowest BCUT2D eigenvalue weighted by atomic mass is 10.1. The fourth-order valence-electron chi connectivity index (χ4n) is 2.24. The number of nitrogens with zero attached hydrogens (tertiary/aromatic N) is 1. The fourth-order valence-corrected chi connectivity index (χ4v) is 2.24. The van der Waals surface area contributed by atoms with Gasteiger partial charge in [-0.15, -0.1) is 0 Å². The third kappa shape index (κ3) is 12.6. The van der Waals surface area contributed by atoms with Crippen LogP contribution in [-0.2, 0) is 22.6 Å². The first kappa shape index (κ1) is 24.2. The molecule has 1 rings (SSSR count). The number of benzene rings is 1. The molecule has 1 aromatic carbocycles. The highest BCUT2D eigenvalue weighted by Gasteiger charge is 2.27. The maximum absolute atomic E-state index is 12.1. The Morgan fingerprint density at radius 3 is 2.36 bits per heavy atom. The van der Waals surface area contributed by atoms with Crippen LogP contribution in [0.15, 0.2) is 29.3 Å². The van der Waals surface area contributed by atoms with Crippen LogP contribution in [0.4, 0.5) is 13.2 Å². The number of alkyl halides is 3. The number of guanidine groups is 1. The molecule has 0 radical (unpaired) electrons. The zero-order valence-electron chi connectivity index (χ0n) is 16.9. The van der Waals surface area contributed by atoms with Crippen LogP contribution in [0.3, 0.4) is 0 Å². The minimum absolute atomic E-state index is 0.0634. The maximum Gasteiger partial charge on any atom is 0.411 e. The van der Waals surface area contributed by atoms with Crippen LogP contribution in [0.5, 0.6) is 0 Å². The Kier molecular flexibility index (Phi) is 11.6. The fraction of sp³-hybridized carbons (Fsp3) is 0.650. The average Bonchev–Trinajstić information content (AvgIpc) is 2.62. The van der Waals surface area contributed by atoms with Crippen molar-refractivity contribution in [3.8, 4) is 0 Å². The summed E-state index contributed by atoms with van der Waals surface area (Å²) in [5, 5.41) is 6.45. The summed E-state index contributed by atoms with van der Waals surface area (Å²) in [6.07, 6.45) is -3.41. The van der Waals surface area contributed by atoms with Crippen molar-refractivity contribution in [2.75, 3.05) is 32.9 Å². The molecule has 5 nitrogen and oxygen atoms in total. The molecule has 28 heavy (non-hydrogen) atoms. The Bertz CT molecular complexity index is 561. The molecule has 160 valence electrons. The van der Waals surface area contributed by atoms with Gasteiger partial charge in [-0.05, 0) is 30.4 Å². The standard InChI is InChI=1S/C20H32F3N3O2/c1-4-24-19(25-10-5-11-27-13-16(2)3)26-12-17-6-8-18(9-7-17)14-28-15-20(21,22)23/h6-9,16H,4-5,10-15H2,1-3H3,(H2,24,25,26). The predicted molar refractivity (Wildman–Crippen MR) is 105 cm³/mol. The molecule has 8 heteroatoms. The van der Waals surface area contributed by atoms with Crippen molar-refractivity contribution in [1.82, 2.24) is 10.6 Å². The van der Waals surface area contributed by atoms with Crippen LogP contribution in [0.2, 0.25) is 0 Å². The third-order valence-electron chi connectivity index (χ3n) is 3.53. The molecule has 0 aliphatic heterocycles. The van der Waals surface area contributed by atoms with Crippen LogP contribution in [0, 0.1) is 5.92 Å². The highest BCUT2D eigenvalue weighted by atomic mass is 19.4. The second kappa shape index (κ2) is 13.4. The number of hydrogen-bond acceptors (Lipinski definition) is 3. The third-order valence-corrected chi connectivity index (χ3v) is 3.53. The Morgan fingerprint density at radius 1 is 1.07 bits per heavy atom. The number of aliphatic imine (C=N–C) groups is 1. The molecule has 0 atom stereocenters. The number of hydrogen-bond donors (Lipinski definition) is 2. The minimum atomic E-state index is -4.30. The van der Waals surface area contributed by atoms with Gasteiger partial charge < -0.3 is 20.1 Å². The molecule has 1 aromatic rings. The van der Waals surface area contributed by atoms with E-state index in [4.69, 9.17) is 4.74 Å². The number of nitrogens with one attached hydrogen (secondary N) is 2. The first-order valence-corrected chi connectivity index (χ1v) is 9.62. The van der Waals surface area contributed by atoms with E-state index in [0.29, 0.717) is 24.6 Å². The predicted octanol–water partition coefficient (Wildman–Crippen LogP) is 3.88. The monoisotopic (exact) mass is 403 g/mol. The van der Waals surface area contributed by atoms with E-state index in [1.54, 1.807) is 12.1 Å². The lowest BCUT2D eigenvalue weighted by molar-refractivity contribution is -0.176. The largest absolute Gasteiger partial charge is 0.411 e. The van der Waals surface area contributed by atoms with Crippen molar-refractivity contribution in [1.29, 1.82) is 0 Å². The van der Waals surface area contributed by atoms with Crippen LogP contribution < -0.4 is 10.6 Å². The molecule has 0 saturated carbocycles. The summed E-state index contributed by atoms with van der Waals surface area (Å²) in [5.41, 5.74) is 1.67. The van der Waals surface area contributed by atoms with Gasteiger partial charge in [-0.25, -0.2) is 4.99 Å². The van der Waals surface area contributed by atoms with Crippen molar-refractivity contribution in [3.05, 3.63) is 35.4 Å². The molecule has 0 bridgehead atoms. The summed E-state index contributed by atoms with van der Waals surface area (Å²) in [7, 11) is 0. The van der Waals surface area contributed by atoms with Crippen LogP contribution in [-0.4, -0.2) is 45.0 Å². The molecule has 0 fully saturated rings. The van der Waals surface area contributed by atoms with E-state index in [2.05, 4.69) is 34.2 Å². The molecular weight excluding hydrogens is 371 g/mol. The van der Waals surface area contributed by atoms with E-state index in [0.717, 1.165) is 37.6 Å². The summed E-state index contributed by atoms with van der Waals surface area (Å²) < 4.78 is 46.5. The lowest BCUT2D eigenvalue weighted by Gasteiger charge is -2.12. The Hall–Kier alpha value is -1.80. The summed E-state index contributed by atoms with van der Waals surface area (Å²) in [6, 6.07) is 7.21. The van der Waals surface area contributed by atoms with E-state index >= 15 is 0 Å². The Labute approximate surface area is 165 Å². The molecule has 0 unspecified atom stereocenters.